The summed E-state index contributed by atoms with van der Waals surface area (Å²) in [6.45, 7) is 1.46. The molecule has 5 aliphatic rings. The van der Waals surface area contributed by atoms with Crippen molar-refractivity contribution in [2.45, 2.75) is 43.4 Å². The number of amides is 1. The van der Waals surface area contributed by atoms with Gasteiger partial charge in [0, 0.05) is 25.5 Å². The highest BCUT2D eigenvalue weighted by Crippen LogP contribution is 2.60. The minimum atomic E-state index is -3.64. The maximum atomic E-state index is 13.5. The molecular weight excluding hydrogens is 480 g/mol. The Bertz CT molecular complexity index is 1460. The number of nitrogens with one attached hydrogen (secondary N) is 1. The first-order valence-corrected chi connectivity index (χ1v) is 14.3. The van der Waals surface area contributed by atoms with E-state index in [0.29, 0.717) is 60.6 Å². The minimum absolute atomic E-state index is 0.0282. The van der Waals surface area contributed by atoms with Gasteiger partial charge in [-0.2, -0.15) is 9.29 Å². The van der Waals surface area contributed by atoms with Crippen LogP contribution in [-0.2, 0) is 26.6 Å². The van der Waals surface area contributed by atoms with Crippen molar-refractivity contribution in [3.63, 3.8) is 0 Å². The van der Waals surface area contributed by atoms with Gasteiger partial charge in [-0.25, -0.2) is 8.42 Å². The summed E-state index contributed by atoms with van der Waals surface area (Å²) in [7, 11) is -1.78. The Balaban J connectivity index is 1.21. The fraction of sp³-hybridized carbons (Fsp3) is 0.600. The molecule has 5 fully saturated rings. The third-order valence-electron chi connectivity index (χ3n) is 8.92. The number of fused-ring (bicyclic) bond motifs is 3. The average Bonchev–Trinajstić information content (AvgIpc) is 3.14. The first-order chi connectivity index (χ1) is 17.3. The molecular formula is C25H30N6O4S. The van der Waals surface area contributed by atoms with Gasteiger partial charge in [0.2, 0.25) is 15.9 Å². The van der Waals surface area contributed by atoms with Crippen LogP contribution in [0.3, 0.4) is 0 Å². The molecule has 1 amide bonds. The summed E-state index contributed by atoms with van der Waals surface area (Å²) in [6, 6.07) is 5.04. The molecule has 0 radical (unpaired) electrons. The number of carbonyl (C=O) groups is 1. The van der Waals surface area contributed by atoms with Crippen molar-refractivity contribution in [1.29, 1.82) is 0 Å². The molecule has 0 atom stereocenters. The number of morpholine rings is 1. The van der Waals surface area contributed by atoms with E-state index in [0.717, 1.165) is 24.8 Å². The van der Waals surface area contributed by atoms with Crippen LogP contribution in [0.5, 0.6) is 0 Å². The number of anilines is 1. The first kappa shape index (κ1) is 22.6. The highest BCUT2D eigenvalue weighted by Gasteiger charge is 2.54. The Labute approximate surface area is 209 Å². The van der Waals surface area contributed by atoms with E-state index in [4.69, 9.17) is 4.74 Å². The Morgan fingerprint density at radius 1 is 1.06 bits per heavy atom. The van der Waals surface area contributed by atoms with Crippen molar-refractivity contribution in [3.05, 3.63) is 18.2 Å². The Morgan fingerprint density at radius 2 is 1.72 bits per heavy atom. The van der Waals surface area contributed by atoms with Crippen LogP contribution >= 0.6 is 0 Å². The highest BCUT2D eigenvalue weighted by molar-refractivity contribution is 7.89. The number of hydrogen-bond acceptors (Lipinski definition) is 7. The molecule has 1 N–H and O–H groups in total. The summed E-state index contributed by atoms with van der Waals surface area (Å²) in [5, 5.41) is 12.3. The van der Waals surface area contributed by atoms with Gasteiger partial charge in [-0.15, -0.1) is 10.2 Å². The molecule has 3 heterocycles. The minimum Gasteiger partial charge on any atom is -0.379 e. The van der Waals surface area contributed by atoms with E-state index in [9.17, 15) is 13.2 Å². The lowest BCUT2D eigenvalue weighted by atomic mass is 9.49. The quantitative estimate of drug-likeness (QED) is 0.573. The van der Waals surface area contributed by atoms with Gasteiger partial charge < -0.3 is 9.30 Å². The van der Waals surface area contributed by atoms with Gasteiger partial charge in [0.15, 0.2) is 5.65 Å². The van der Waals surface area contributed by atoms with E-state index < -0.39 is 10.0 Å². The van der Waals surface area contributed by atoms with Crippen LogP contribution in [-0.4, -0.2) is 64.7 Å². The standard InChI is InChI=1S/C25H30N6O4S/c1-30-20-3-2-18(36(33,34)31-4-6-35-7-5-31)11-19(20)21-22(30)26-24(29-28-21)27-23(32)25-12-15-8-16(13-25)10-17(9-15)14-25/h2-3,11,15-17H,4-10,12-14H2,1H3,(H,26,27,29,32). The summed E-state index contributed by atoms with van der Waals surface area (Å²) in [5.74, 6) is 2.25. The van der Waals surface area contributed by atoms with Crippen LogP contribution < -0.4 is 5.32 Å². The van der Waals surface area contributed by atoms with Crippen molar-refractivity contribution in [2.75, 3.05) is 31.6 Å². The second-order valence-corrected chi connectivity index (χ2v) is 13.2. The zero-order valence-electron chi connectivity index (χ0n) is 20.3. The predicted octanol–water partition coefficient (Wildman–Crippen LogP) is 2.69. The van der Waals surface area contributed by atoms with Gasteiger partial charge in [0.05, 0.1) is 29.0 Å². The molecule has 11 heteroatoms. The van der Waals surface area contributed by atoms with Gasteiger partial charge in [-0.1, -0.05) is 0 Å². The topological polar surface area (TPSA) is 119 Å². The monoisotopic (exact) mass is 510 g/mol. The van der Waals surface area contributed by atoms with Crippen LogP contribution in [0, 0.1) is 23.2 Å². The van der Waals surface area contributed by atoms with Crippen LogP contribution in [0.2, 0.25) is 0 Å². The predicted molar refractivity (Wildman–Crippen MR) is 133 cm³/mol. The van der Waals surface area contributed by atoms with Crippen molar-refractivity contribution in [3.8, 4) is 0 Å². The Morgan fingerprint density at radius 3 is 2.39 bits per heavy atom. The number of hydrogen-bond donors (Lipinski definition) is 1. The molecule has 4 aliphatic carbocycles. The van der Waals surface area contributed by atoms with Crippen LogP contribution in [0.4, 0.5) is 5.95 Å². The molecule has 190 valence electrons. The zero-order chi connectivity index (χ0) is 24.7. The number of ether oxygens (including phenoxy) is 1. The van der Waals surface area contributed by atoms with Crippen LogP contribution in [0.1, 0.15) is 38.5 Å². The average molecular weight is 511 g/mol. The number of rotatable bonds is 4. The third kappa shape index (κ3) is 3.39. The van der Waals surface area contributed by atoms with Gasteiger partial charge in [-0.05, 0) is 74.5 Å². The first-order valence-electron chi connectivity index (χ1n) is 12.8. The Hall–Kier alpha value is -2.63. The molecule has 36 heavy (non-hydrogen) atoms. The normalized spacial score (nSPS) is 30.3. The van der Waals surface area contributed by atoms with Gasteiger partial charge in [0.1, 0.15) is 5.52 Å². The molecule has 4 bridgehead atoms. The van der Waals surface area contributed by atoms with Crippen molar-refractivity contribution in [1.82, 2.24) is 24.1 Å². The number of nitrogens with zero attached hydrogens (tertiary/aromatic N) is 5. The molecule has 0 spiro atoms. The zero-order valence-corrected chi connectivity index (χ0v) is 21.1. The molecule has 4 saturated carbocycles. The van der Waals surface area contributed by atoms with Gasteiger partial charge >= 0.3 is 0 Å². The maximum absolute atomic E-state index is 13.5. The SMILES string of the molecule is Cn1c2ccc(S(=O)(=O)N3CCOCC3)cc2c2nnc(NC(=O)C34CC5CC(CC(C5)C3)C4)nc21. The lowest BCUT2D eigenvalue weighted by Crippen LogP contribution is -2.51. The fourth-order valence-electron chi connectivity index (χ4n) is 7.61. The summed E-state index contributed by atoms with van der Waals surface area (Å²) < 4.78 is 35.0. The smallest absolute Gasteiger partial charge is 0.251 e. The van der Waals surface area contributed by atoms with E-state index in [1.807, 2.05) is 11.6 Å². The van der Waals surface area contributed by atoms with E-state index in [-0.39, 0.29) is 22.2 Å². The summed E-state index contributed by atoms with van der Waals surface area (Å²) >= 11 is 0. The van der Waals surface area contributed by atoms with Gasteiger partial charge in [0.25, 0.3) is 5.95 Å². The second-order valence-electron chi connectivity index (χ2n) is 11.2. The van der Waals surface area contributed by atoms with E-state index in [2.05, 4.69) is 20.5 Å². The second kappa shape index (κ2) is 7.93. The largest absolute Gasteiger partial charge is 0.379 e. The molecule has 1 saturated heterocycles. The maximum Gasteiger partial charge on any atom is 0.251 e. The highest BCUT2D eigenvalue weighted by atomic mass is 32.2. The number of benzene rings is 1. The van der Waals surface area contributed by atoms with Crippen molar-refractivity contribution in [2.24, 2.45) is 30.2 Å². The molecule has 1 aromatic carbocycles. The van der Waals surface area contributed by atoms with Gasteiger partial charge in [-0.3, -0.25) is 10.1 Å². The molecule has 3 aromatic rings. The van der Waals surface area contributed by atoms with Crippen LogP contribution in [0.15, 0.2) is 23.1 Å². The number of aromatic nitrogens is 4. The lowest BCUT2D eigenvalue weighted by Gasteiger charge is -2.55. The molecule has 10 nitrogen and oxygen atoms in total. The Kier molecular flexibility index (Phi) is 4.97. The van der Waals surface area contributed by atoms with E-state index in [1.165, 1.54) is 23.6 Å². The number of carbonyl (C=O) groups excluding carboxylic acids is 1. The molecule has 8 rings (SSSR count). The van der Waals surface area contributed by atoms with E-state index in [1.54, 1.807) is 18.2 Å². The van der Waals surface area contributed by atoms with Crippen molar-refractivity contribution >= 4 is 43.9 Å². The fourth-order valence-corrected chi connectivity index (χ4v) is 9.04. The molecule has 2 aromatic heterocycles. The summed E-state index contributed by atoms with van der Waals surface area (Å²) in [6.07, 6.45) is 6.72. The lowest BCUT2D eigenvalue weighted by molar-refractivity contribution is -0.140. The number of sulfonamides is 1. The number of aryl methyl sites for hydroxylation is 1. The van der Waals surface area contributed by atoms with E-state index >= 15 is 0 Å². The molecule has 0 unspecified atom stereocenters. The van der Waals surface area contributed by atoms with Crippen LogP contribution in [0.25, 0.3) is 22.1 Å². The summed E-state index contributed by atoms with van der Waals surface area (Å²) in [5.41, 5.74) is 1.58. The molecule has 1 aliphatic heterocycles. The summed E-state index contributed by atoms with van der Waals surface area (Å²) in [4.78, 5) is 18.3. The third-order valence-corrected chi connectivity index (χ3v) is 10.8. The van der Waals surface area contributed by atoms with Crippen molar-refractivity contribution < 1.29 is 17.9 Å².